The Labute approximate surface area is 382 Å². The van der Waals surface area contributed by atoms with Crippen molar-refractivity contribution in [3.8, 4) is 5.75 Å². The molecule has 4 amide bonds. The lowest BCUT2D eigenvalue weighted by atomic mass is 9.93. The zero-order chi connectivity index (χ0) is 45.6. The Kier molecular flexibility index (Phi) is 12.3. The molecule has 0 aliphatic carbocycles. The number of aromatic nitrogens is 2. The zero-order valence-electron chi connectivity index (χ0n) is 36.5. The summed E-state index contributed by atoms with van der Waals surface area (Å²) in [5, 5.41) is 9.82. The Bertz CT molecular complexity index is 2590. The molecular formula is C46H52ClN10O7P. The number of para-hydroxylation sites is 1. The molecule has 2 atom stereocenters. The number of rotatable bonds is 12. The second-order valence-electron chi connectivity index (χ2n) is 17.6. The minimum atomic E-state index is -2.57. The van der Waals surface area contributed by atoms with Crippen LogP contribution in [-0.4, -0.2) is 139 Å². The molecule has 4 fully saturated rings. The van der Waals surface area contributed by atoms with Gasteiger partial charge in [-0.3, -0.25) is 29.4 Å². The number of amides is 4. The van der Waals surface area contributed by atoms with E-state index in [-0.39, 0.29) is 24.7 Å². The summed E-state index contributed by atoms with van der Waals surface area (Å²) in [6.45, 7) is 9.08. The molecule has 0 spiro atoms. The predicted molar refractivity (Wildman–Crippen MR) is 249 cm³/mol. The number of benzene rings is 3. The molecular weight excluding hydrogens is 871 g/mol. The second-order valence-corrected chi connectivity index (χ2v) is 21.2. The predicted octanol–water partition coefficient (Wildman–Crippen LogP) is 4.62. The number of hydrogen-bond donors (Lipinski definition) is 3. The number of fused-ring (bicyclic) bond motifs is 1. The highest BCUT2D eigenvalue weighted by Crippen LogP contribution is 2.44. The van der Waals surface area contributed by atoms with E-state index in [1.165, 1.54) is 11.1 Å². The molecule has 0 bridgehead atoms. The second kappa shape index (κ2) is 18.1. The summed E-state index contributed by atoms with van der Waals surface area (Å²) in [7, 11) is -0.939. The molecule has 0 saturated carbocycles. The number of imide groups is 1. The first kappa shape index (κ1) is 44.2. The monoisotopic (exact) mass is 922 g/mol. The lowest BCUT2D eigenvalue weighted by Crippen LogP contribution is -2.59. The number of piperazine rings is 1. The van der Waals surface area contributed by atoms with Gasteiger partial charge in [-0.25, -0.2) is 4.98 Å². The topological polar surface area (TPSA) is 190 Å². The van der Waals surface area contributed by atoms with E-state index in [4.69, 9.17) is 16.3 Å². The molecule has 3 aromatic carbocycles. The van der Waals surface area contributed by atoms with Gasteiger partial charge in [0.25, 0.3) is 5.91 Å². The fourth-order valence-electron chi connectivity index (χ4n) is 9.83. The maximum Gasteiger partial charge on any atom is 0.255 e. The molecule has 6 heterocycles. The lowest BCUT2D eigenvalue weighted by molar-refractivity contribution is -0.139. The van der Waals surface area contributed by atoms with Crippen molar-refractivity contribution in [1.29, 1.82) is 0 Å². The van der Waals surface area contributed by atoms with E-state index in [1.807, 2.05) is 52.3 Å². The van der Waals surface area contributed by atoms with Crippen molar-refractivity contribution in [2.45, 2.75) is 43.8 Å². The Hall–Kier alpha value is -6.03. The van der Waals surface area contributed by atoms with E-state index in [0.717, 1.165) is 50.4 Å². The van der Waals surface area contributed by atoms with Crippen molar-refractivity contribution in [3.05, 3.63) is 83.0 Å². The van der Waals surface area contributed by atoms with Gasteiger partial charge in [-0.15, -0.1) is 0 Å². The van der Waals surface area contributed by atoms with Crippen LogP contribution in [0.15, 0.2) is 66.9 Å². The van der Waals surface area contributed by atoms with Crippen molar-refractivity contribution in [2.24, 2.45) is 5.92 Å². The SMILES string of the molecule is COc1cc(N2CCC(N3CCN(C(=O)C4CN(c5cccc6c5[C@H](C=O)N(C5CCC(=O)NC5=O)C6=O)C4)CC3)CC2)ccc1Nc1ncc(Cl)c(Nc2ccccc2P(C)(C)=O)n1. The molecule has 0 radical (unpaired) electrons. The summed E-state index contributed by atoms with van der Waals surface area (Å²) < 4.78 is 18.7. The summed E-state index contributed by atoms with van der Waals surface area (Å²) in [5.41, 5.74) is 4.05. The van der Waals surface area contributed by atoms with Gasteiger partial charge in [0.1, 0.15) is 36.3 Å². The first-order valence-electron chi connectivity index (χ1n) is 22.0. The standard InChI is InChI=1S/C46H52ClN10O7P/c1-64-38-23-30(11-12-33(38)50-46-48-24-32(47)42(52-46)49-34-8-4-5-10-39(34)65(2,3)63)53-17-15-29(16-18-53)54-19-21-55(22-20-54)44(61)28-25-56(26-28)35-9-6-7-31-41(35)37(27-58)57(45(31)62)36-13-14-40(59)51-43(36)60/h4-12,23-24,27-29,36-37H,13-22,25-26H2,1-3H3,(H,51,59,60)(H2,48,49,50,52)/t36?,37-/m0/s1. The molecule has 1 unspecified atom stereocenters. The third kappa shape index (κ3) is 8.76. The summed E-state index contributed by atoms with van der Waals surface area (Å²) in [6, 6.07) is 17.3. The maximum absolute atomic E-state index is 13.7. The number of methoxy groups -OCH3 is 1. The zero-order valence-corrected chi connectivity index (χ0v) is 38.2. The van der Waals surface area contributed by atoms with Crippen LogP contribution < -0.4 is 35.8 Å². The Morgan fingerprint density at radius 2 is 1.66 bits per heavy atom. The Morgan fingerprint density at radius 1 is 0.908 bits per heavy atom. The van der Waals surface area contributed by atoms with Gasteiger partial charge in [-0.1, -0.05) is 29.8 Å². The van der Waals surface area contributed by atoms with Gasteiger partial charge in [-0.05, 0) is 69.0 Å². The van der Waals surface area contributed by atoms with Crippen molar-refractivity contribution in [2.75, 3.05) is 93.2 Å². The molecule has 4 aromatic rings. The van der Waals surface area contributed by atoms with Crippen LogP contribution in [-0.2, 0) is 23.7 Å². The maximum atomic E-state index is 13.7. The van der Waals surface area contributed by atoms with Crippen LogP contribution in [0.2, 0.25) is 5.02 Å². The molecule has 17 nitrogen and oxygen atoms in total. The molecule has 1 aromatic heterocycles. The highest BCUT2D eigenvalue weighted by atomic mass is 35.5. The van der Waals surface area contributed by atoms with Crippen LogP contribution in [0.1, 0.15) is 47.6 Å². The van der Waals surface area contributed by atoms with E-state index in [0.29, 0.717) is 88.9 Å². The summed E-state index contributed by atoms with van der Waals surface area (Å²) in [6.07, 6.45) is 4.43. The number of halogens is 1. The highest BCUT2D eigenvalue weighted by Gasteiger charge is 2.48. The Morgan fingerprint density at radius 3 is 2.37 bits per heavy atom. The highest BCUT2D eigenvalue weighted by molar-refractivity contribution is 7.70. The largest absolute Gasteiger partial charge is 0.494 e. The lowest BCUT2D eigenvalue weighted by Gasteiger charge is -2.46. The van der Waals surface area contributed by atoms with Gasteiger partial charge in [0.15, 0.2) is 5.82 Å². The third-order valence-electron chi connectivity index (χ3n) is 13.3. The van der Waals surface area contributed by atoms with Crippen molar-refractivity contribution in [1.82, 2.24) is 30.0 Å². The van der Waals surface area contributed by atoms with Gasteiger partial charge in [0.2, 0.25) is 23.7 Å². The fraction of sp³-hybridized carbons (Fsp3) is 0.413. The first-order valence-corrected chi connectivity index (χ1v) is 25.0. The molecule has 5 aliphatic heterocycles. The number of nitrogens with zero attached hydrogens (tertiary/aromatic N) is 7. The minimum Gasteiger partial charge on any atom is -0.494 e. The van der Waals surface area contributed by atoms with Gasteiger partial charge < -0.3 is 44.3 Å². The summed E-state index contributed by atoms with van der Waals surface area (Å²) in [4.78, 5) is 83.4. The van der Waals surface area contributed by atoms with E-state index in [9.17, 15) is 28.5 Å². The Balaban J connectivity index is 0.759. The molecule has 5 aliphatic rings. The number of hydrogen-bond acceptors (Lipinski definition) is 14. The van der Waals surface area contributed by atoms with Crippen LogP contribution in [0.25, 0.3) is 0 Å². The normalized spacial score (nSPS) is 20.9. The van der Waals surface area contributed by atoms with Crippen molar-refractivity contribution in [3.63, 3.8) is 0 Å². The van der Waals surface area contributed by atoms with E-state index < -0.39 is 36.9 Å². The number of anilines is 6. The van der Waals surface area contributed by atoms with Crippen LogP contribution in [0, 0.1) is 5.92 Å². The molecule has 19 heteroatoms. The average Bonchev–Trinajstić information content (AvgIpc) is 3.58. The molecule has 9 rings (SSSR count). The van der Waals surface area contributed by atoms with Crippen LogP contribution in [0.3, 0.4) is 0 Å². The van der Waals surface area contributed by atoms with Crippen LogP contribution in [0.5, 0.6) is 5.75 Å². The van der Waals surface area contributed by atoms with Gasteiger partial charge in [0, 0.05) is 98.7 Å². The van der Waals surface area contributed by atoms with Gasteiger partial charge >= 0.3 is 0 Å². The van der Waals surface area contributed by atoms with E-state index in [2.05, 4.69) is 41.8 Å². The quantitative estimate of drug-likeness (QED) is 0.101. The summed E-state index contributed by atoms with van der Waals surface area (Å²) >= 11 is 6.49. The minimum absolute atomic E-state index is 0.0943. The number of piperidine rings is 2. The molecule has 340 valence electrons. The van der Waals surface area contributed by atoms with Crippen LogP contribution in [0.4, 0.5) is 34.5 Å². The number of carbonyl (C=O) groups is 5. The summed E-state index contributed by atoms with van der Waals surface area (Å²) in [5.74, 6) is -0.110. The number of nitrogens with one attached hydrogen (secondary N) is 3. The third-order valence-corrected chi connectivity index (χ3v) is 15.1. The molecule has 3 N–H and O–H groups in total. The fourth-order valence-corrected chi connectivity index (χ4v) is 11.1. The average molecular weight is 923 g/mol. The van der Waals surface area contributed by atoms with E-state index in [1.54, 1.807) is 32.6 Å². The van der Waals surface area contributed by atoms with Gasteiger partial charge in [-0.2, -0.15) is 4.98 Å². The van der Waals surface area contributed by atoms with E-state index >= 15 is 0 Å². The number of carbonyl (C=O) groups excluding carboxylic acids is 5. The van der Waals surface area contributed by atoms with Crippen molar-refractivity contribution < 1.29 is 33.3 Å². The molecule has 4 saturated heterocycles. The van der Waals surface area contributed by atoms with Gasteiger partial charge in [0.05, 0.1) is 30.6 Å². The molecule has 65 heavy (non-hydrogen) atoms. The van der Waals surface area contributed by atoms with Crippen molar-refractivity contribution >= 4 is 88.5 Å². The number of aldehydes is 1. The number of ether oxygens (including phenoxy) is 1. The first-order chi connectivity index (χ1) is 31.3. The van der Waals surface area contributed by atoms with Crippen LogP contribution >= 0.6 is 18.7 Å². The smallest absolute Gasteiger partial charge is 0.255 e.